The fourth-order valence-corrected chi connectivity index (χ4v) is 6.21. The number of thiophene rings is 1. The number of nitrogens with zero attached hydrogens (tertiary/aromatic N) is 1. The van der Waals surface area contributed by atoms with E-state index in [0.717, 1.165) is 40.2 Å². The van der Waals surface area contributed by atoms with E-state index in [4.69, 9.17) is 0 Å². The lowest BCUT2D eigenvalue weighted by molar-refractivity contribution is -0.116. The first-order valence-corrected chi connectivity index (χ1v) is 11.1. The number of carbonyl (C=O) groups excluding carboxylic acids is 2. The predicted octanol–water partition coefficient (Wildman–Crippen LogP) is 2.60. The molecule has 5 nitrogen and oxygen atoms in total. The van der Waals surface area contributed by atoms with E-state index in [1.54, 1.807) is 23.1 Å². The molecule has 3 atom stereocenters. The van der Waals surface area contributed by atoms with Gasteiger partial charge in [-0.1, -0.05) is 6.07 Å². The van der Waals surface area contributed by atoms with E-state index < -0.39 is 0 Å². The zero-order valence-corrected chi connectivity index (χ0v) is 16.0. The van der Waals surface area contributed by atoms with E-state index in [9.17, 15) is 9.59 Å². The number of benzene rings is 1. The van der Waals surface area contributed by atoms with Crippen LogP contribution in [-0.4, -0.2) is 48.0 Å². The van der Waals surface area contributed by atoms with Gasteiger partial charge in [-0.2, -0.15) is 11.8 Å². The van der Waals surface area contributed by atoms with Gasteiger partial charge in [0, 0.05) is 40.7 Å². The fourth-order valence-electron chi connectivity index (χ4n) is 4.28. The van der Waals surface area contributed by atoms with Crippen molar-refractivity contribution in [3.8, 4) is 0 Å². The molecule has 1 aromatic carbocycles. The molecule has 0 aliphatic carbocycles. The van der Waals surface area contributed by atoms with Gasteiger partial charge >= 0.3 is 0 Å². The minimum atomic E-state index is 0.00616. The van der Waals surface area contributed by atoms with Crippen LogP contribution in [0.2, 0.25) is 0 Å². The van der Waals surface area contributed by atoms with Gasteiger partial charge in [0.15, 0.2) is 0 Å². The van der Waals surface area contributed by atoms with Crippen LogP contribution in [0.1, 0.15) is 29.6 Å². The number of thioether (sulfide) groups is 1. The van der Waals surface area contributed by atoms with Crippen LogP contribution in [0.3, 0.4) is 0 Å². The van der Waals surface area contributed by atoms with Crippen LogP contribution in [0, 0.1) is 0 Å². The highest BCUT2D eigenvalue weighted by atomic mass is 32.2. The topological polar surface area (TPSA) is 61.4 Å². The maximum atomic E-state index is 12.7. The summed E-state index contributed by atoms with van der Waals surface area (Å²) >= 11 is 3.29. The van der Waals surface area contributed by atoms with Crippen molar-refractivity contribution in [1.29, 1.82) is 0 Å². The molecule has 4 heterocycles. The Hall–Kier alpha value is -1.57. The number of amides is 2. The highest BCUT2D eigenvalue weighted by Crippen LogP contribution is 2.35. The smallest absolute Gasteiger partial charge is 0.251 e. The summed E-state index contributed by atoms with van der Waals surface area (Å²) in [4.78, 5) is 26.7. The molecule has 0 spiro atoms. The van der Waals surface area contributed by atoms with Gasteiger partial charge < -0.3 is 15.5 Å². The molecule has 0 saturated carbocycles. The summed E-state index contributed by atoms with van der Waals surface area (Å²) in [6.07, 6.45) is 3.43. The van der Waals surface area contributed by atoms with Crippen LogP contribution >= 0.6 is 23.1 Å². The Balaban J connectivity index is 1.36. The first-order valence-electron chi connectivity index (χ1n) is 9.16. The summed E-state index contributed by atoms with van der Waals surface area (Å²) < 4.78 is 1.06. The fraction of sp³-hybridized carbons (Fsp3) is 0.474. The summed E-state index contributed by atoms with van der Waals surface area (Å²) in [5.74, 6) is 1.71. The van der Waals surface area contributed by atoms with Gasteiger partial charge in [0.25, 0.3) is 5.91 Å². The number of carbonyl (C=O) groups is 2. The second-order valence-corrected chi connectivity index (χ2v) is 9.47. The van der Waals surface area contributed by atoms with Crippen molar-refractivity contribution in [3.63, 3.8) is 0 Å². The van der Waals surface area contributed by atoms with Crippen molar-refractivity contribution in [3.05, 3.63) is 29.8 Å². The zero-order chi connectivity index (χ0) is 17.7. The molecule has 3 fully saturated rings. The third-order valence-electron chi connectivity index (χ3n) is 5.64. The van der Waals surface area contributed by atoms with Crippen LogP contribution in [0.15, 0.2) is 24.3 Å². The molecule has 2 amide bonds. The van der Waals surface area contributed by atoms with Crippen LogP contribution in [0.4, 0.5) is 5.00 Å². The average molecular weight is 388 g/mol. The molecule has 3 aliphatic heterocycles. The minimum absolute atomic E-state index is 0.00616. The van der Waals surface area contributed by atoms with E-state index in [2.05, 4.69) is 16.7 Å². The lowest BCUT2D eigenvalue weighted by atomic mass is 9.95. The first kappa shape index (κ1) is 16.6. The molecule has 3 aliphatic rings. The van der Waals surface area contributed by atoms with Gasteiger partial charge in [0.05, 0.1) is 10.8 Å². The van der Waals surface area contributed by atoms with Crippen molar-refractivity contribution in [2.75, 3.05) is 23.0 Å². The van der Waals surface area contributed by atoms with Gasteiger partial charge in [-0.15, -0.1) is 11.3 Å². The lowest BCUT2D eigenvalue weighted by Crippen LogP contribution is -2.42. The van der Waals surface area contributed by atoms with E-state index in [-0.39, 0.29) is 17.9 Å². The standard InChI is InChI=1S/C19H21N3O2S2/c23-17-10-25-6-5-22(17)18-8-11-1-2-12(7-16(11)26-18)19(24)21-15-9-13-3-4-14(15)20-13/h1-2,7-8,13-15,20H,3-6,9-10H2,(H,21,24)/t13-,14+,15-/m1/s1. The normalized spacial score (nSPS) is 28.1. The van der Waals surface area contributed by atoms with Gasteiger partial charge in [0.1, 0.15) is 0 Å². The molecular formula is C19H21N3O2S2. The summed E-state index contributed by atoms with van der Waals surface area (Å²) in [6.45, 7) is 0.765. The second-order valence-electron chi connectivity index (χ2n) is 7.30. The number of nitrogens with one attached hydrogen (secondary N) is 2. The van der Waals surface area contributed by atoms with Crippen LogP contribution in [0.25, 0.3) is 10.1 Å². The predicted molar refractivity (Wildman–Crippen MR) is 107 cm³/mol. The summed E-state index contributed by atoms with van der Waals surface area (Å²) in [5.41, 5.74) is 0.703. The summed E-state index contributed by atoms with van der Waals surface area (Å²) in [6, 6.07) is 9.17. The van der Waals surface area contributed by atoms with Crippen molar-refractivity contribution in [2.45, 2.75) is 37.4 Å². The van der Waals surface area contributed by atoms with Gasteiger partial charge in [0.2, 0.25) is 5.91 Å². The van der Waals surface area contributed by atoms with E-state index in [1.165, 1.54) is 6.42 Å². The van der Waals surface area contributed by atoms with Crippen molar-refractivity contribution in [1.82, 2.24) is 10.6 Å². The Morgan fingerprint density at radius 2 is 2.19 bits per heavy atom. The molecule has 26 heavy (non-hydrogen) atoms. The van der Waals surface area contributed by atoms with Crippen molar-refractivity contribution in [2.24, 2.45) is 0 Å². The SMILES string of the molecule is O=C(N[C@@H]1C[C@H]2CC[C@@H]1N2)c1ccc2cc(N3CCSCC3=O)sc2c1. The molecule has 0 unspecified atom stereocenters. The molecule has 2 N–H and O–H groups in total. The molecule has 1 aromatic heterocycles. The Labute approximate surface area is 160 Å². The van der Waals surface area contributed by atoms with Crippen LogP contribution < -0.4 is 15.5 Å². The Bertz CT molecular complexity index is 881. The molecule has 0 radical (unpaired) electrons. The number of fused-ring (bicyclic) bond motifs is 3. The minimum Gasteiger partial charge on any atom is -0.348 e. The lowest BCUT2D eigenvalue weighted by Gasteiger charge is -2.24. The molecule has 7 heteroatoms. The highest BCUT2D eigenvalue weighted by molar-refractivity contribution is 8.00. The average Bonchev–Trinajstić information content (AvgIpc) is 3.36. The molecule has 5 rings (SSSR count). The van der Waals surface area contributed by atoms with Gasteiger partial charge in [-0.25, -0.2) is 0 Å². The Morgan fingerprint density at radius 1 is 1.27 bits per heavy atom. The second kappa shape index (κ2) is 6.55. The molecular weight excluding hydrogens is 366 g/mol. The number of anilines is 1. The Kier molecular flexibility index (Phi) is 4.18. The maximum Gasteiger partial charge on any atom is 0.251 e. The van der Waals surface area contributed by atoms with Gasteiger partial charge in [-0.05, 0) is 42.8 Å². The zero-order valence-electron chi connectivity index (χ0n) is 14.4. The first-order chi connectivity index (χ1) is 12.7. The van der Waals surface area contributed by atoms with Crippen molar-refractivity contribution >= 4 is 50.0 Å². The summed E-state index contributed by atoms with van der Waals surface area (Å²) in [5, 5.41) is 8.84. The van der Waals surface area contributed by atoms with E-state index in [0.29, 0.717) is 23.4 Å². The van der Waals surface area contributed by atoms with Crippen molar-refractivity contribution < 1.29 is 9.59 Å². The molecule has 2 aromatic rings. The Morgan fingerprint density at radius 3 is 2.96 bits per heavy atom. The third-order valence-corrected chi connectivity index (χ3v) is 7.68. The quantitative estimate of drug-likeness (QED) is 0.850. The summed E-state index contributed by atoms with van der Waals surface area (Å²) in [7, 11) is 0. The largest absolute Gasteiger partial charge is 0.348 e. The van der Waals surface area contributed by atoms with E-state index >= 15 is 0 Å². The molecule has 136 valence electrons. The monoisotopic (exact) mass is 387 g/mol. The van der Waals surface area contributed by atoms with Crippen LogP contribution in [0.5, 0.6) is 0 Å². The molecule has 2 bridgehead atoms. The number of rotatable bonds is 3. The number of hydrogen-bond donors (Lipinski definition) is 2. The third kappa shape index (κ3) is 2.92. The van der Waals surface area contributed by atoms with E-state index in [1.807, 2.05) is 23.1 Å². The highest BCUT2D eigenvalue weighted by Gasteiger charge is 2.39. The molecule has 3 saturated heterocycles. The van der Waals surface area contributed by atoms with Crippen LogP contribution in [-0.2, 0) is 4.79 Å². The number of hydrogen-bond acceptors (Lipinski definition) is 5. The maximum absolute atomic E-state index is 12.7. The van der Waals surface area contributed by atoms with Gasteiger partial charge in [-0.3, -0.25) is 9.59 Å².